The van der Waals surface area contributed by atoms with Crippen LogP contribution in [0, 0.1) is 0 Å². The SMILES string of the molecule is COc1cc2c(Nc3ccc(C(c4ccc(N)cc4)(C(F)(F)F)C(F)(F)F)cc3)ncnc2cc1CO. The first-order valence-electron chi connectivity index (χ1n) is 10.7. The Morgan fingerprint density at radius 1 is 0.865 bits per heavy atom. The smallest absolute Gasteiger partial charge is 0.411 e. The highest BCUT2D eigenvalue weighted by molar-refractivity contribution is 5.92. The summed E-state index contributed by atoms with van der Waals surface area (Å²) in [7, 11) is 1.41. The Balaban J connectivity index is 1.79. The van der Waals surface area contributed by atoms with Crippen molar-refractivity contribution in [3.8, 4) is 5.75 Å². The van der Waals surface area contributed by atoms with Gasteiger partial charge < -0.3 is 20.9 Å². The molecule has 4 rings (SSSR count). The van der Waals surface area contributed by atoms with E-state index in [4.69, 9.17) is 10.5 Å². The molecule has 0 bridgehead atoms. The number of nitrogens with two attached hydrogens (primary N) is 1. The molecule has 4 N–H and O–H groups in total. The summed E-state index contributed by atoms with van der Waals surface area (Å²) in [4.78, 5) is 8.26. The Morgan fingerprint density at radius 2 is 1.43 bits per heavy atom. The zero-order valence-electron chi connectivity index (χ0n) is 19.2. The van der Waals surface area contributed by atoms with Gasteiger partial charge in [0.05, 0.1) is 19.2 Å². The number of fused-ring (bicyclic) bond motifs is 1. The predicted octanol–water partition coefficient (Wildman–Crippen LogP) is 5.87. The lowest BCUT2D eigenvalue weighted by molar-refractivity contribution is -0.288. The van der Waals surface area contributed by atoms with E-state index in [2.05, 4.69) is 15.3 Å². The molecule has 0 amide bonds. The number of aliphatic hydroxyl groups excluding tert-OH is 1. The number of alkyl halides is 6. The largest absolute Gasteiger partial charge is 0.496 e. The lowest BCUT2D eigenvalue weighted by Gasteiger charge is -2.38. The maximum absolute atomic E-state index is 14.3. The van der Waals surface area contributed by atoms with Crippen molar-refractivity contribution < 1.29 is 36.2 Å². The Kier molecular flexibility index (Phi) is 6.63. The molecule has 0 radical (unpaired) electrons. The van der Waals surface area contributed by atoms with Crippen molar-refractivity contribution in [2.24, 2.45) is 0 Å². The van der Waals surface area contributed by atoms with Gasteiger partial charge in [-0.05, 0) is 47.5 Å². The zero-order valence-corrected chi connectivity index (χ0v) is 19.2. The van der Waals surface area contributed by atoms with Crippen LogP contribution in [-0.2, 0) is 12.0 Å². The number of hydrogen-bond acceptors (Lipinski definition) is 6. The van der Waals surface area contributed by atoms with Gasteiger partial charge in [-0.1, -0.05) is 24.3 Å². The number of nitrogen functional groups attached to an aromatic ring is 1. The first kappa shape index (κ1) is 26.0. The molecular weight excluding hydrogens is 502 g/mol. The van der Waals surface area contributed by atoms with Gasteiger partial charge in [0.25, 0.3) is 0 Å². The normalized spacial score (nSPS) is 12.5. The number of nitrogens with zero attached hydrogens (tertiary/aromatic N) is 2. The summed E-state index contributed by atoms with van der Waals surface area (Å²) in [5.41, 5.74) is 0.332. The molecule has 0 atom stereocenters. The molecule has 1 heterocycles. The van der Waals surface area contributed by atoms with Crippen molar-refractivity contribution >= 4 is 28.1 Å². The maximum atomic E-state index is 14.3. The summed E-state index contributed by atoms with van der Waals surface area (Å²) in [5, 5.41) is 12.9. The van der Waals surface area contributed by atoms with Gasteiger partial charge in [-0.25, -0.2) is 9.97 Å². The number of benzene rings is 3. The van der Waals surface area contributed by atoms with Crippen LogP contribution in [0.15, 0.2) is 67.0 Å². The van der Waals surface area contributed by atoms with Crippen LogP contribution in [0.25, 0.3) is 10.9 Å². The molecule has 1 aromatic heterocycles. The first-order chi connectivity index (χ1) is 17.4. The number of halogens is 6. The second kappa shape index (κ2) is 9.43. The van der Waals surface area contributed by atoms with E-state index in [0.717, 1.165) is 48.5 Å². The fourth-order valence-corrected chi connectivity index (χ4v) is 4.20. The average Bonchev–Trinajstić information content (AvgIpc) is 2.84. The zero-order chi connectivity index (χ0) is 27.0. The van der Waals surface area contributed by atoms with Gasteiger partial charge in [-0.15, -0.1) is 0 Å². The highest BCUT2D eigenvalue weighted by Crippen LogP contribution is 2.56. The Labute approximate surface area is 206 Å². The van der Waals surface area contributed by atoms with E-state index in [-0.39, 0.29) is 23.8 Å². The molecule has 4 aromatic rings. The van der Waals surface area contributed by atoms with Crippen LogP contribution in [0.5, 0.6) is 5.75 Å². The van der Waals surface area contributed by atoms with Crippen molar-refractivity contribution in [3.05, 3.63) is 83.7 Å². The molecule has 0 unspecified atom stereocenters. The van der Waals surface area contributed by atoms with Crippen LogP contribution in [0.3, 0.4) is 0 Å². The van der Waals surface area contributed by atoms with Crippen LogP contribution in [0.2, 0.25) is 0 Å². The van der Waals surface area contributed by atoms with Gasteiger partial charge in [0.2, 0.25) is 5.41 Å². The van der Waals surface area contributed by atoms with Crippen molar-refractivity contribution in [2.75, 3.05) is 18.2 Å². The van der Waals surface area contributed by atoms with E-state index in [0.29, 0.717) is 22.2 Å². The number of anilines is 3. The number of methoxy groups -OCH3 is 1. The van der Waals surface area contributed by atoms with Crippen molar-refractivity contribution in [2.45, 2.75) is 24.4 Å². The minimum Gasteiger partial charge on any atom is -0.496 e. The second-order valence-corrected chi connectivity index (χ2v) is 8.13. The van der Waals surface area contributed by atoms with E-state index >= 15 is 0 Å². The molecule has 3 aromatic carbocycles. The minimum absolute atomic E-state index is 0.0290. The molecule has 194 valence electrons. The van der Waals surface area contributed by atoms with Gasteiger partial charge in [0.15, 0.2) is 0 Å². The minimum atomic E-state index is -5.71. The summed E-state index contributed by atoms with van der Waals surface area (Å²) in [6.45, 7) is -0.304. The third-order valence-corrected chi connectivity index (χ3v) is 5.98. The molecule has 12 heteroatoms. The van der Waals surface area contributed by atoms with Crippen LogP contribution < -0.4 is 15.8 Å². The lowest BCUT2D eigenvalue weighted by Crippen LogP contribution is -2.54. The molecular formula is C25H20F6N4O2. The quantitative estimate of drug-likeness (QED) is 0.217. The van der Waals surface area contributed by atoms with E-state index in [1.54, 1.807) is 12.1 Å². The maximum Gasteiger partial charge on any atom is 0.411 e. The Hall–Kier alpha value is -4.06. The number of ether oxygens (including phenoxy) is 1. The second-order valence-electron chi connectivity index (χ2n) is 8.13. The molecule has 0 saturated heterocycles. The molecule has 37 heavy (non-hydrogen) atoms. The van der Waals surface area contributed by atoms with Crippen LogP contribution in [0.4, 0.5) is 43.5 Å². The molecule has 0 saturated carbocycles. The van der Waals surface area contributed by atoms with Crippen LogP contribution in [0.1, 0.15) is 16.7 Å². The monoisotopic (exact) mass is 522 g/mol. The molecule has 0 spiro atoms. The third kappa shape index (κ3) is 4.48. The standard InChI is InChI=1S/C25H20F6N4O2/c1-37-21-11-19-20(10-14(21)12-36)33-13-34-22(19)35-18-8-4-16(5-9-18)23(24(26,27)28,25(29,30)31)15-2-6-17(32)7-3-15/h2-11,13,36H,12,32H2,1H3,(H,33,34,35). The number of aliphatic hydroxyl groups is 1. The number of aromatic nitrogens is 2. The summed E-state index contributed by atoms with van der Waals surface area (Å²) in [6, 6.07) is 10.3. The van der Waals surface area contributed by atoms with Gasteiger partial charge in [0, 0.05) is 22.3 Å². The van der Waals surface area contributed by atoms with Gasteiger partial charge in [-0.2, -0.15) is 26.3 Å². The average molecular weight is 522 g/mol. The molecule has 0 aliphatic rings. The summed E-state index contributed by atoms with van der Waals surface area (Å²) < 4.78 is 91.0. The highest BCUT2D eigenvalue weighted by atomic mass is 19.4. The fourth-order valence-electron chi connectivity index (χ4n) is 4.20. The van der Waals surface area contributed by atoms with E-state index in [1.165, 1.54) is 13.4 Å². The van der Waals surface area contributed by atoms with E-state index in [9.17, 15) is 31.4 Å². The topological polar surface area (TPSA) is 93.3 Å². The molecule has 0 aliphatic carbocycles. The Bertz CT molecular complexity index is 1390. The number of rotatable bonds is 6. The fraction of sp³-hybridized carbons (Fsp3) is 0.200. The summed E-state index contributed by atoms with van der Waals surface area (Å²) in [5.74, 6) is 0.587. The Morgan fingerprint density at radius 3 is 1.95 bits per heavy atom. The predicted molar refractivity (Wildman–Crippen MR) is 125 cm³/mol. The van der Waals surface area contributed by atoms with Crippen LogP contribution in [-0.4, -0.2) is 34.5 Å². The summed E-state index contributed by atoms with van der Waals surface area (Å²) >= 11 is 0. The van der Waals surface area contributed by atoms with Crippen molar-refractivity contribution in [3.63, 3.8) is 0 Å². The van der Waals surface area contributed by atoms with Gasteiger partial charge >= 0.3 is 12.4 Å². The van der Waals surface area contributed by atoms with Crippen LogP contribution >= 0.6 is 0 Å². The first-order valence-corrected chi connectivity index (χ1v) is 10.7. The third-order valence-electron chi connectivity index (χ3n) is 5.98. The van der Waals surface area contributed by atoms with E-state index < -0.39 is 28.9 Å². The van der Waals surface area contributed by atoms with E-state index in [1.807, 2.05) is 0 Å². The van der Waals surface area contributed by atoms with Gasteiger partial charge in [0.1, 0.15) is 17.9 Å². The molecule has 6 nitrogen and oxygen atoms in total. The molecule has 0 fully saturated rings. The van der Waals surface area contributed by atoms with Crippen molar-refractivity contribution in [1.82, 2.24) is 9.97 Å². The van der Waals surface area contributed by atoms with Gasteiger partial charge in [-0.3, -0.25) is 0 Å². The molecule has 0 aliphatic heterocycles. The number of hydrogen-bond donors (Lipinski definition) is 3. The highest BCUT2D eigenvalue weighted by Gasteiger charge is 2.72. The lowest BCUT2D eigenvalue weighted by atomic mass is 9.73. The summed E-state index contributed by atoms with van der Waals surface area (Å²) in [6.07, 6.45) is -10.2. The van der Waals surface area contributed by atoms with Crippen molar-refractivity contribution in [1.29, 1.82) is 0 Å². The number of nitrogens with one attached hydrogen (secondary N) is 1.